The van der Waals surface area contributed by atoms with E-state index in [4.69, 9.17) is 25.8 Å². The molecule has 3 aromatic rings. The van der Waals surface area contributed by atoms with E-state index in [2.05, 4.69) is 20.2 Å². The van der Waals surface area contributed by atoms with E-state index in [-0.39, 0.29) is 18.0 Å². The van der Waals surface area contributed by atoms with Gasteiger partial charge in [0.05, 0.1) is 24.7 Å². The highest BCUT2D eigenvalue weighted by Gasteiger charge is 2.24. The molecule has 176 valence electrons. The number of piperazine rings is 1. The van der Waals surface area contributed by atoms with Crippen molar-refractivity contribution < 1.29 is 19.0 Å². The van der Waals surface area contributed by atoms with Crippen LogP contribution in [0.2, 0.25) is 4.34 Å². The number of anilines is 2. The molecule has 0 atom stereocenters. The Labute approximate surface area is 201 Å². The summed E-state index contributed by atoms with van der Waals surface area (Å²) < 4.78 is 17.1. The number of ether oxygens (including phenoxy) is 3. The Morgan fingerprint density at radius 2 is 1.73 bits per heavy atom. The van der Waals surface area contributed by atoms with Crippen molar-refractivity contribution in [1.82, 2.24) is 14.9 Å². The zero-order chi connectivity index (χ0) is 23.5. The third-order valence-corrected chi connectivity index (χ3v) is 6.29. The number of benzene rings is 1. The monoisotopic (exact) mass is 491 g/mol. The van der Waals surface area contributed by atoms with Crippen LogP contribution in [0.5, 0.6) is 17.4 Å². The van der Waals surface area contributed by atoms with Gasteiger partial charge in [-0.25, -0.2) is 14.8 Å². The van der Waals surface area contributed by atoms with Crippen molar-refractivity contribution in [2.24, 2.45) is 0 Å². The summed E-state index contributed by atoms with van der Waals surface area (Å²) in [6.07, 6.45) is -0.120. The quantitative estimate of drug-likeness (QED) is 0.542. The Morgan fingerprint density at radius 1 is 1.06 bits per heavy atom. The molecule has 1 fully saturated rings. The van der Waals surface area contributed by atoms with Gasteiger partial charge in [-0.15, -0.1) is 11.3 Å². The molecule has 0 saturated carbocycles. The fourth-order valence-corrected chi connectivity index (χ4v) is 4.55. The molecule has 11 heteroatoms. The number of halogens is 1. The maximum Gasteiger partial charge on any atom is 0.323 e. The molecule has 33 heavy (non-hydrogen) atoms. The Balaban J connectivity index is 1.46. The van der Waals surface area contributed by atoms with Crippen LogP contribution >= 0.6 is 22.9 Å². The maximum atomic E-state index is 13.0. The van der Waals surface area contributed by atoms with Gasteiger partial charge in [0, 0.05) is 50.1 Å². The van der Waals surface area contributed by atoms with E-state index in [0.29, 0.717) is 46.7 Å². The molecule has 0 unspecified atom stereocenters. The highest BCUT2D eigenvalue weighted by molar-refractivity contribution is 7.22. The number of aromatic nitrogens is 2. The molecule has 2 aromatic heterocycles. The third-order valence-electron chi connectivity index (χ3n) is 5.14. The van der Waals surface area contributed by atoms with Gasteiger partial charge in [0.15, 0.2) is 5.82 Å². The number of fused-ring (bicyclic) bond motifs is 1. The molecule has 3 heterocycles. The third kappa shape index (κ3) is 5.33. The molecule has 0 bridgehead atoms. The van der Waals surface area contributed by atoms with Crippen LogP contribution in [0.15, 0.2) is 24.3 Å². The summed E-state index contributed by atoms with van der Waals surface area (Å²) in [7, 11) is 3.25. The largest absolute Gasteiger partial charge is 0.497 e. The summed E-state index contributed by atoms with van der Waals surface area (Å²) in [6, 6.07) is 7.25. The van der Waals surface area contributed by atoms with Gasteiger partial charge >= 0.3 is 6.03 Å². The predicted molar refractivity (Wildman–Crippen MR) is 131 cm³/mol. The molecular weight excluding hydrogens is 466 g/mol. The van der Waals surface area contributed by atoms with Gasteiger partial charge in [0.1, 0.15) is 21.8 Å². The Hall–Kier alpha value is -2.98. The molecule has 0 spiro atoms. The van der Waals surface area contributed by atoms with Crippen LogP contribution < -0.4 is 24.4 Å². The highest BCUT2D eigenvalue weighted by atomic mass is 35.5. The van der Waals surface area contributed by atoms with Crippen LogP contribution in [0, 0.1) is 0 Å². The predicted octanol–water partition coefficient (Wildman–Crippen LogP) is 4.50. The molecule has 1 aliphatic heterocycles. The normalized spacial score (nSPS) is 14.0. The first-order valence-corrected chi connectivity index (χ1v) is 11.7. The molecule has 2 amide bonds. The minimum absolute atomic E-state index is 0.120. The van der Waals surface area contributed by atoms with Crippen molar-refractivity contribution in [3.05, 3.63) is 28.6 Å². The lowest BCUT2D eigenvalue weighted by Gasteiger charge is -2.36. The lowest BCUT2D eigenvalue weighted by atomic mass is 10.2. The van der Waals surface area contributed by atoms with Crippen LogP contribution in [0.4, 0.5) is 16.3 Å². The van der Waals surface area contributed by atoms with Crippen LogP contribution in [0.25, 0.3) is 10.3 Å². The number of hydrogen-bond acceptors (Lipinski definition) is 8. The van der Waals surface area contributed by atoms with Gasteiger partial charge in [-0.3, -0.25) is 5.32 Å². The number of carbonyl (C=O) groups excluding carboxylic acids is 1. The highest BCUT2D eigenvalue weighted by Crippen LogP contribution is 2.32. The second-order valence-corrected chi connectivity index (χ2v) is 9.42. The zero-order valence-electron chi connectivity index (χ0n) is 18.9. The molecule has 1 aliphatic rings. The van der Waals surface area contributed by atoms with Crippen molar-refractivity contribution in [2.75, 3.05) is 50.6 Å². The van der Waals surface area contributed by atoms with Crippen LogP contribution in [-0.4, -0.2) is 67.4 Å². The molecule has 0 aliphatic carbocycles. The van der Waals surface area contributed by atoms with Gasteiger partial charge in [0.25, 0.3) is 5.88 Å². The zero-order valence-corrected chi connectivity index (χ0v) is 20.5. The standard InChI is InChI=1S/C22H26ClN5O4S/c1-13(2)32-20-19(25-21-17(24-20)12-18(23)33-21)26-22(29)28-7-5-27(6-8-28)14-9-15(30-3)11-16(10-14)31-4/h9-13H,5-8H2,1-4H3,(H,25,26,29). The fourth-order valence-electron chi connectivity index (χ4n) is 3.53. The SMILES string of the molecule is COc1cc(OC)cc(N2CCN(C(=O)Nc3nc4sc(Cl)cc4nc3OC(C)C)CC2)c1. The summed E-state index contributed by atoms with van der Waals surface area (Å²) in [5.74, 6) is 2.02. The van der Waals surface area contributed by atoms with E-state index in [0.717, 1.165) is 17.2 Å². The van der Waals surface area contributed by atoms with Gasteiger partial charge in [-0.1, -0.05) is 11.6 Å². The molecule has 4 rings (SSSR count). The van der Waals surface area contributed by atoms with Crippen LogP contribution in [0.3, 0.4) is 0 Å². The Kier molecular flexibility index (Phi) is 6.94. The minimum Gasteiger partial charge on any atom is -0.497 e. The van der Waals surface area contributed by atoms with Gasteiger partial charge in [0.2, 0.25) is 0 Å². The molecule has 0 radical (unpaired) electrons. The summed E-state index contributed by atoms with van der Waals surface area (Å²) in [5, 5.41) is 2.87. The van der Waals surface area contributed by atoms with Gasteiger partial charge in [-0.05, 0) is 19.9 Å². The van der Waals surface area contributed by atoms with E-state index in [9.17, 15) is 4.79 Å². The fraction of sp³-hybridized carbons (Fsp3) is 0.409. The molecule has 1 saturated heterocycles. The number of rotatable bonds is 6. The summed E-state index contributed by atoms with van der Waals surface area (Å²) in [5.41, 5.74) is 1.63. The van der Waals surface area contributed by atoms with E-state index in [1.807, 2.05) is 32.0 Å². The average molecular weight is 492 g/mol. The van der Waals surface area contributed by atoms with E-state index >= 15 is 0 Å². The number of thiophene rings is 1. The second kappa shape index (κ2) is 9.88. The van der Waals surface area contributed by atoms with Gasteiger partial charge < -0.3 is 24.0 Å². The molecule has 9 nitrogen and oxygen atoms in total. The van der Waals surface area contributed by atoms with E-state index in [1.165, 1.54) is 11.3 Å². The Bertz CT molecular complexity index is 1130. The minimum atomic E-state index is -0.247. The topological polar surface area (TPSA) is 89.1 Å². The van der Waals surface area contributed by atoms with Crippen molar-refractivity contribution in [2.45, 2.75) is 20.0 Å². The number of hydrogen-bond donors (Lipinski definition) is 1. The molecular formula is C22H26ClN5O4S. The van der Waals surface area contributed by atoms with Gasteiger partial charge in [-0.2, -0.15) is 0 Å². The smallest absolute Gasteiger partial charge is 0.323 e. The number of nitrogens with zero attached hydrogens (tertiary/aromatic N) is 4. The lowest BCUT2D eigenvalue weighted by Crippen LogP contribution is -2.50. The number of nitrogens with one attached hydrogen (secondary N) is 1. The first-order valence-electron chi connectivity index (χ1n) is 10.5. The molecule has 1 aromatic carbocycles. The lowest BCUT2D eigenvalue weighted by molar-refractivity contribution is 0.207. The van der Waals surface area contributed by atoms with Crippen molar-refractivity contribution in [3.8, 4) is 17.4 Å². The number of carbonyl (C=O) groups is 1. The number of urea groups is 1. The molecule has 1 N–H and O–H groups in total. The Morgan fingerprint density at radius 3 is 2.33 bits per heavy atom. The van der Waals surface area contributed by atoms with Crippen molar-refractivity contribution in [1.29, 1.82) is 0 Å². The van der Waals surface area contributed by atoms with Crippen LogP contribution in [-0.2, 0) is 0 Å². The van der Waals surface area contributed by atoms with E-state index in [1.54, 1.807) is 25.2 Å². The second-order valence-electron chi connectivity index (χ2n) is 7.76. The van der Waals surface area contributed by atoms with Crippen molar-refractivity contribution >= 4 is 50.8 Å². The maximum absolute atomic E-state index is 13.0. The number of amides is 2. The van der Waals surface area contributed by atoms with Crippen LogP contribution in [0.1, 0.15) is 13.8 Å². The first kappa shape index (κ1) is 23.2. The summed E-state index contributed by atoms with van der Waals surface area (Å²) in [6.45, 7) is 6.23. The number of methoxy groups -OCH3 is 2. The summed E-state index contributed by atoms with van der Waals surface area (Å²) in [4.78, 5) is 26.6. The average Bonchev–Trinajstić information content (AvgIpc) is 3.17. The van der Waals surface area contributed by atoms with E-state index < -0.39 is 0 Å². The summed E-state index contributed by atoms with van der Waals surface area (Å²) >= 11 is 7.41. The first-order chi connectivity index (χ1) is 15.9. The van der Waals surface area contributed by atoms with Crippen molar-refractivity contribution in [3.63, 3.8) is 0 Å².